The van der Waals surface area contributed by atoms with Crippen molar-refractivity contribution in [3.05, 3.63) is 29.8 Å². The summed E-state index contributed by atoms with van der Waals surface area (Å²) >= 11 is 0. The fourth-order valence-electron chi connectivity index (χ4n) is 3.90. The second-order valence-corrected chi connectivity index (χ2v) is 7.29. The molecular formula is C21H30N2O3. The molecule has 0 radical (unpaired) electrons. The first-order valence-electron chi connectivity index (χ1n) is 9.95. The monoisotopic (exact) mass is 358 g/mol. The van der Waals surface area contributed by atoms with Gasteiger partial charge in [-0.1, -0.05) is 12.1 Å². The summed E-state index contributed by atoms with van der Waals surface area (Å²) < 4.78 is 5.44. The Morgan fingerprint density at radius 1 is 0.962 bits per heavy atom. The highest BCUT2D eigenvalue weighted by molar-refractivity contribution is 5.81. The Bertz CT molecular complexity index is 600. The first-order chi connectivity index (χ1) is 12.7. The first-order valence-corrected chi connectivity index (χ1v) is 9.95. The van der Waals surface area contributed by atoms with Crippen LogP contribution in [0.25, 0.3) is 0 Å². The number of hydrogen-bond donors (Lipinski definition) is 0. The molecule has 0 N–H and O–H groups in total. The number of piperidine rings is 2. The van der Waals surface area contributed by atoms with Crippen molar-refractivity contribution in [1.29, 1.82) is 0 Å². The molecule has 26 heavy (non-hydrogen) atoms. The van der Waals surface area contributed by atoms with Gasteiger partial charge in [0.05, 0.1) is 13.0 Å². The van der Waals surface area contributed by atoms with E-state index in [2.05, 4.69) is 0 Å². The number of nitrogens with zero attached hydrogens (tertiary/aromatic N) is 2. The number of benzene rings is 1. The second kappa shape index (κ2) is 9.06. The molecule has 0 bridgehead atoms. The molecule has 0 aromatic heterocycles. The van der Waals surface area contributed by atoms with Gasteiger partial charge in [0.1, 0.15) is 5.75 Å². The van der Waals surface area contributed by atoms with Crippen LogP contribution in [0.4, 0.5) is 0 Å². The molecule has 1 aromatic carbocycles. The lowest BCUT2D eigenvalue weighted by atomic mass is 9.94. The van der Waals surface area contributed by atoms with Gasteiger partial charge in [-0.2, -0.15) is 0 Å². The summed E-state index contributed by atoms with van der Waals surface area (Å²) in [4.78, 5) is 29.1. The minimum absolute atomic E-state index is 0.0997. The van der Waals surface area contributed by atoms with Crippen molar-refractivity contribution in [2.75, 3.05) is 32.8 Å². The highest BCUT2D eigenvalue weighted by Gasteiger charge is 2.30. The molecule has 2 aliphatic rings. The van der Waals surface area contributed by atoms with Gasteiger partial charge in [-0.15, -0.1) is 0 Å². The predicted molar refractivity (Wildman–Crippen MR) is 101 cm³/mol. The fourth-order valence-corrected chi connectivity index (χ4v) is 3.90. The lowest BCUT2D eigenvalue weighted by molar-refractivity contribution is -0.141. The van der Waals surface area contributed by atoms with E-state index in [0.29, 0.717) is 32.0 Å². The van der Waals surface area contributed by atoms with Crippen LogP contribution in [0, 0.1) is 5.92 Å². The standard InChI is InChI=1S/C21H30N2O3/c1-2-26-19-8-6-17(7-9-19)16-20(24)22-14-10-18(11-15-22)21(25)23-12-4-3-5-13-23/h6-9,18H,2-5,10-16H2,1H3. The maximum atomic E-state index is 12.6. The van der Waals surface area contributed by atoms with E-state index in [-0.39, 0.29) is 11.8 Å². The number of likely N-dealkylation sites (tertiary alicyclic amines) is 2. The Labute approximate surface area is 156 Å². The van der Waals surface area contributed by atoms with Crippen molar-refractivity contribution >= 4 is 11.8 Å². The predicted octanol–water partition coefficient (Wildman–Crippen LogP) is 2.88. The zero-order valence-corrected chi connectivity index (χ0v) is 15.8. The van der Waals surface area contributed by atoms with Crippen molar-refractivity contribution in [2.45, 2.75) is 45.4 Å². The summed E-state index contributed by atoms with van der Waals surface area (Å²) in [5.74, 6) is 1.39. The number of hydrogen-bond acceptors (Lipinski definition) is 3. The van der Waals surface area contributed by atoms with Crippen LogP contribution in [-0.4, -0.2) is 54.4 Å². The molecule has 2 aliphatic heterocycles. The molecule has 2 heterocycles. The Hall–Kier alpha value is -2.04. The number of carbonyl (C=O) groups excluding carboxylic acids is 2. The lowest BCUT2D eigenvalue weighted by Gasteiger charge is -2.35. The van der Waals surface area contributed by atoms with E-state index in [1.807, 2.05) is 41.0 Å². The summed E-state index contributed by atoms with van der Waals surface area (Å²) in [6.45, 7) is 5.81. The van der Waals surface area contributed by atoms with Gasteiger partial charge in [0.15, 0.2) is 0 Å². The molecule has 3 rings (SSSR count). The van der Waals surface area contributed by atoms with Gasteiger partial charge in [-0.3, -0.25) is 9.59 Å². The van der Waals surface area contributed by atoms with Gasteiger partial charge in [0, 0.05) is 32.1 Å². The van der Waals surface area contributed by atoms with Gasteiger partial charge < -0.3 is 14.5 Å². The fraction of sp³-hybridized carbons (Fsp3) is 0.619. The molecule has 142 valence electrons. The quantitative estimate of drug-likeness (QED) is 0.813. The van der Waals surface area contributed by atoms with E-state index < -0.39 is 0 Å². The zero-order valence-electron chi connectivity index (χ0n) is 15.8. The van der Waals surface area contributed by atoms with Crippen LogP contribution in [0.1, 0.15) is 44.6 Å². The van der Waals surface area contributed by atoms with E-state index in [1.165, 1.54) is 6.42 Å². The van der Waals surface area contributed by atoms with Crippen molar-refractivity contribution < 1.29 is 14.3 Å². The number of rotatable bonds is 5. The SMILES string of the molecule is CCOc1ccc(CC(=O)N2CCC(C(=O)N3CCCCC3)CC2)cc1. The number of ether oxygens (including phenoxy) is 1. The topological polar surface area (TPSA) is 49.9 Å². The van der Waals surface area contributed by atoms with E-state index in [9.17, 15) is 9.59 Å². The van der Waals surface area contributed by atoms with Crippen LogP contribution in [0.5, 0.6) is 5.75 Å². The van der Waals surface area contributed by atoms with E-state index >= 15 is 0 Å². The molecule has 5 nitrogen and oxygen atoms in total. The molecule has 0 spiro atoms. The minimum Gasteiger partial charge on any atom is -0.494 e. The van der Waals surface area contributed by atoms with Gasteiger partial charge in [-0.25, -0.2) is 0 Å². The Kier molecular flexibility index (Phi) is 6.53. The summed E-state index contributed by atoms with van der Waals surface area (Å²) in [6, 6.07) is 7.73. The van der Waals surface area contributed by atoms with Gasteiger partial charge in [0.25, 0.3) is 0 Å². The lowest BCUT2D eigenvalue weighted by Crippen LogP contribution is -2.46. The van der Waals surface area contributed by atoms with Crippen LogP contribution in [-0.2, 0) is 16.0 Å². The Morgan fingerprint density at radius 3 is 2.23 bits per heavy atom. The molecule has 2 fully saturated rings. The average molecular weight is 358 g/mol. The molecule has 2 amide bonds. The van der Waals surface area contributed by atoms with Crippen molar-refractivity contribution in [2.24, 2.45) is 5.92 Å². The van der Waals surface area contributed by atoms with Gasteiger partial charge in [0.2, 0.25) is 11.8 Å². The van der Waals surface area contributed by atoms with Crippen molar-refractivity contribution in [1.82, 2.24) is 9.80 Å². The second-order valence-electron chi connectivity index (χ2n) is 7.29. The number of amides is 2. The maximum Gasteiger partial charge on any atom is 0.226 e. The highest BCUT2D eigenvalue weighted by atomic mass is 16.5. The summed E-state index contributed by atoms with van der Waals surface area (Å²) in [6.07, 6.45) is 5.50. The summed E-state index contributed by atoms with van der Waals surface area (Å²) in [5, 5.41) is 0. The molecule has 1 aromatic rings. The average Bonchev–Trinajstić information content (AvgIpc) is 2.70. The van der Waals surface area contributed by atoms with E-state index in [4.69, 9.17) is 4.74 Å². The molecule has 0 aliphatic carbocycles. The van der Waals surface area contributed by atoms with Crippen LogP contribution in [0.2, 0.25) is 0 Å². The maximum absolute atomic E-state index is 12.6. The third kappa shape index (κ3) is 4.77. The molecule has 0 atom stereocenters. The highest BCUT2D eigenvalue weighted by Crippen LogP contribution is 2.22. The molecule has 5 heteroatoms. The van der Waals surface area contributed by atoms with Crippen molar-refractivity contribution in [3.8, 4) is 5.75 Å². The van der Waals surface area contributed by atoms with Crippen LogP contribution >= 0.6 is 0 Å². The van der Waals surface area contributed by atoms with Crippen LogP contribution in [0.15, 0.2) is 24.3 Å². The smallest absolute Gasteiger partial charge is 0.226 e. The summed E-state index contributed by atoms with van der Waals surface area (Å²) in [7, 11) is 0. The Morgan fingerprint density at radius 2 is 1.62 bits per heavy atom. The van der Waals surface area contributed by atoms with Crippen LogP contribution in [0.3, 0.4) is 0 Å². The largest absolute Gasteiger partial charge is 0.494 e. The van der Waals surface area contributed by atoms with Crippen LogP contribution < -0.4 is 4.74 Å². The zero-order chi connectivity index (χ0) is 18.4. The molecule has 0 unspecified atom stereocenters. The van der Waals surface area contributed by atoms with E-state index in [0.717, 1.165) is 50.1 Å². The van der Waals surface area contributed by atoms with Gasteiger partial charge in [-0.05, 0) is 56.7 Å². The third-order valence-electron chi connectivity index (χ3n) is 5.45. The molecular weight excluding hydrogens is 328 g/mol. The van der Waals surface area contributed by atoms with Crippen molar-refractivity contribution in [3.63, 3.8) is 0 Å². The number of carbonyl (C=O) groups is 2. The summed E-state index contributed by atoms with van der Waals surface area (Å²) in [5.41, 5.74) is 1.00. The third-order valence-corrected chi connectivity index (χ3v) is 5.45. The minimum atomic E-state index is 0.0997. The van der Waals surface area contributed by atoms with Gasteiger partial charge >= 0.3 is 0 Å². The molecule has 0 saturated carbocycles. The molecule has 2 saturated heterocycles. The first kappa shape index (κ1) is 18.7. The normalized spacial score (nSPS) is 18.7. The Balaban J connectivity index is 1.46. The van der Waals surface area contributed by atoms with E-state index in [1.54, 1.807) is 0 Å².